The third kappa shape index (κ3) is 2.05. The van der Waals surface area contributed by atoms with E-state index in [0.29, 0.717) is 5.69 Å². The smallest absolute Gasteiger partial charge is 0.273 e. The van der Waals surface area contributed by atoms with Crippen LogP contribution in [0.25, 0.3) is 0 Å². The molecule has 82 valence electrons. The van der Waals surface area contributed by atoms with Gasteiger partial charge < -0.3 is 10.2 Å². The average molecular weight is 274 g/mol. The zero-order valence-corrected chi connectivity index (χ0v) is 10.2. The van der Waals surface area contributed by atoms with Crippen molar-refractivity contribution in [3.63, 3.8) is 0 Å². The van der Waals surface area contributed by atoms with Crippen molar-refractivity contribution in [1.82, 2.24) is 14.7 Å². The number of amides is 1. The lowest BCUT2D eigenvalue weighted by atomic mass is 10.3. The molecule has 0 radical (unpaired) electrons. The first-order chi connectivity index (χ1) is 7.20. The van der Waals surface area contributed by atoms with Gasteiger partial charge in [0.15, 0.2) is 0 Å². The molecule has 0 spiro atoms. The van der Waals surface area contributed by atoms with E-state index in [-0.39, 0.29) is 5.91 Å². The maximum absolute atomic E-state index is 12.1. The highest BCUT2D eigenvalue weighted by Gasteiger charge is 2.24. The molecule has 5 nitrogen and oxygen atoms in total. The first-order valence-corrected chi connectivity index (χ1v) is 5.78. The molecular weight excluding hydrogens is 260 g/mol. The minimum absolute atomic E-state index is 0.0648. The normalized spacial score (nSPS) is 16.8. The summed E-state index contributed by atoms with van der Waals surface area (Å²) in [5.41, 5.74) is 0.636. The molecule has 1 fully saturated rings. The van der Waals surface area contributed by atoms with Crippen LogP contribution in [-0.4, -0.2) is 46.8 Å². The second kappa shape index (κ2) is 4.32. The number of carbonyl (C=O) groups excluding carboxylic acids is 1. The molecule has 2 N–H and O–H groups in total. The van der Waals surface area contributed by atoms with Crippen LogP contribution in [0.4, 0.5) is 0 Å². The van der Waals surface area contributed by atoms with E-state index >= 15 is 0 Å². The lowest BCUT2D eigenvalue weighted by Crippen LogP contribution is -2.89. The summed E-state index contributed by atoms with van der Waals surface area (Å²) < 4.78 is 2.38. The lowest BCUT2D eigenvalue weighted by molar-refractivity contribution is -0.661. The first-order valence-electron chi connectivity index (χ1n) is 4.98. The Bertz CT molecular complexity index is 351. The summed E-state index contributed by atoms with van der Waals surface area (Å²) >= 11 is 3.35. The van der Waals surface area contributed by atoms with Crippen LogP contribution in [0.5, 0.6) is 0 Å². The summed E-state index contributed by atoms with van der Waals surface area (Å²) in [7, 11) is 1.79. The zero-order valence-electron chi connectivity index (χ0n) is 8.61. The van der Waals surface area contributed by atoms with Crippen LogP contribution >= 0.6 is 15.9 Å². The van der Waals surface area contributed by atoms with Crippen LogP contribution in [0.3, 0.4) is 0 Å². The van der Waals surface area contributed by atoms with Crippen LogP contribution in [0.15, 0.2) is 10.7 Å². The number of nitrogens with zero attached hydrogens (tertiary/aromatic N) is 3. The number of hydrogen-bond donors (Lipinski definition) is 1. The number of nitrogens with two attached hydrogens (primary N) is 1. The molecule has 0 unspecified atom stereocenters. The van der Waals surface area contributed by atoms with E-state index in [0.717, 1.165) is 30.7 Å². The number of quaternary nitrogens is 1. The highest BCUT2D eigenvalue weighted by atomic mass is 79.9. The Hall–Kier alpha value is -0.880. The molecule has 1 saturated heterocycles. The minimum atomic E-state index is 0.0648. The summed E-state index contributed by atoms with van der Waals surface area (Å²) in [5, 5.41) is 6.27. The fourth-order valence-electron chi connectivity index (χ4n) is 1.75. The predicted octanol–water partition coefficient (Wildman–Crippen LogP) is -0.798. The van der Waals surface area contributed by atoms with Crippen molar-refractivity contribution in [2.45, 2.75) is 0 Å². The van der Waals surface area contributed by atoms with Gasteiger partial charge in [0, 0.05) is 7.05 Å². The lowest BCUT2D eigenvalue weighted by Gasteiger charge is -2.25. The van der Waals surface area contributed by atoms with E-state index in [9.17, 15) is 4.79 Å². The predicted molar refractivity (Wildman–Crippen MR) is 58.5 cm³/mol. The summed E-state index contributed by atoms with van der Waals surface area (Å²) in [6.45, 7) is 3.61. The molecule has 0 bridgehead atoms. The zero-order chi connectivity index (χ0) is 10.8. The van der Waals surface area contributed by atoms with Crippen LogP contribution in [-0.2, 0) is 7.05 Å². The molecule has 2 rings (SSSR count). The molecular formula is C9H14BrN4O+. The van der Waals surface area contributed by atoms with Crippen molar-refractivity contribution in [3.8, 4) is 0 Å². The van der Waals surface area contributed by atoms with Crippen molar-refractivity contribution < 1.29 is 10.1 Å². The fraction of sp³-hybridized carbons (Fsp3) is 0.556. The van der Waals surface area contributed by atoms with Crippen molar-refractivity contribution in [2.75, 3.05) is 26.2 Å². The molecule has 0 aromatic carbocycles. The Labute approximate surface area is 96.6 Å². The Morgan fingerprint density at radius 3 is 2.73 bits per heavy atom. The molecule has 0 atom stereocenters. The largest absolute Gasteiger partial charge is 0.343 e. The van der Waals surface area contributed by atoms with Crippen LogP contribution < -0.4 is 5.32 Å². The van der Waals surface area contributed by atoms with Gasteiger partial charge >= 0.3 is 0 Å². The van der Waals surface area contributed by atoms with Gasteiger partial charge in [-0.1, -0.05) is 0 Å². The van der Waals surface area contributed by atoms with Crippen LogP contribution in [0.1, 0.15) is 10.5 Å². The van der Waals surface area contributed by atoms with Gasteiger partial charge in [-0.25, -0.2) is 0 Å². The Morgan fingerprint density at radius 2 is 2.20 bits per heavy atom. The first kappa shape index (κ1) is 10.6. The van der Waals surface area contributed by atoms with Gasteiger partial charge in [0.05, 0.1) is 36.8 Å². The molecule has 1 aliphatic heterocycles. The van der Waals surface area contributed by atoms with Crippen molar-refractivity contribution in [1.29, 1.82) is 0 Å². The minimum Gasteiger partial charge on any atom is -0.343 e. The molecule has 1 aromatic heterocycles. The summed E-state index contributed by atoms with van der Waals surface area (Å²) in [6, 6.07) is 0. The summed E-state index contributed by atoms with van der Waals surface area (Å²) in [5.74, 6) is 0.0648. The van der Waals surface area contributed by atoms with E-state index in [4.69, 9.17) is 0 Å². The fourth-order valence-corrected chi connectivity index (χ4v) is 2.27. The van der Waals surface area contributed by atoms with E-state index in [1.165, 1.54) is 0 Å². The maximum Gasteiger partial charge on any atom is 0.273 e. The van der Waals surface area contributed by atoms with Gasteiger partial charge in [0.25, 0.3) is 5.91 Å². The van der Waals surface area contributed by atoms with Crippen molar-refractivity contribution in [3.05, 3.63) is 16.4 Å². The number of piperazine rings is 1. The van der Waals surface area contributed by atoms with E-state index < -0.39 is 0 Å². The number of carbonyl (C=O) groups is 1. The van der Waals surface area contributed by atoms with Crippen molar-refractivity contribution >= 4 is 21.8 Å². The molecule has 0 aliphatic carbocycles. The molecule has 0 saturated carbocycles. The highest BCUT2D eigenvalue weighted by Crippen LogP contribution is 2.16. The number of hydrogen-bond acceptors (Lipinski definition) is 2. The monoisotopic (exact) mass is 273 g/mol. The molecule has 1 aromatic rings. The van der Waals surface area contributed by atoms with E-state index in [1.54, 1.807) is 17.9 Å². The molecule has 6 heteroatoms. The third-order valence-electron chi connectivity index (χ3n) is 2.59. The Morgan fingerprint density at radius 1 is 1.53 bits per heavy atom. The molecule has 15 heavy (non-hydrogen) atoms. The van der Waals surface area contributed by atoms with Crippen LogP contribution in [0.2, 0.25) is 0 Å². The van der Waals surface area contributed by atoms with Gasteiger partial charge in [-0.3, -0.25) is 9.48 Å². The number of rotatable bonds is 1. The second-order valence-corrected chi connectivity index (χ2v) is 4.48. The quantitative estimate of drug-likeness (QED) is 0.729. The van der Waals surface area contributed by atoms with Gasteiger partial charge in [-0.2, -0.15) is 5.10 Å². The topological polar surface area (TPSA) is 54.7 Å². The second-order valence-electron chi connectivity index (χ2n) is 3.62. The highest BCUT2D eigenvalue weighted by molar-refractivity contribution is 9.10. The van der Waals surface area contributed by atoms with E-state index in [1.807, 2.05) is 4.90 Å². The summed E-state index contributed by atoms with van der Waals surface area (Å²) in [4.78, 5) is 14.0. The number of halogens is 1. The Balaban J connectivity index is 2.19. The van der Waals surface area contributed by atoms with Gasteiger partial charge in [0.2, 0.25) is 0 Å². The van der Waals surface area contributed by atoms with Crippen LogP contribution in [0, 0.1) is 0 Å². The van der Waals surface area contributed by atoms with Gasteiger partial charge in [-0.05, 0) is 15.9 Å². The van der Waals surface area contributed by atoms with Gasteiger partial charge in [-0.15, -0.1) is 0 Å². The maximum atomic E-state index is 12.1. The molecule has 2 heterocycles. The third-order valence-corrected chi connectivity index (χ3v) is 3.17. The summed E-state index contributed by atoms with van der Waals surface area (Å²) in [6.07, 6.45) is 1.66. The Kier molecular flexibility index (Phi) is 3.06. The SMILES string of the molecule is Cn1ncc(Br)c1C(=O)N1CC[NH2+]CC1. The standard InChI is InChI=1S/C9H13BrN4O/c1-13-8(7(10)6-12-13)9(15)14-4-2-11-3-5-14/h6,11H,2-5H2,1H3/p+1. The molecule has 1 amide bonds. The number of aromatic nitrogens is 2. The van der Waals surface area contributed by atoms with E-state index in [2.05, 4.69) is 26.3 Å². The molecule has 1 aliphatic rings. The van der Waals surface area contributed by atoms with Crippen molar-refractivity contribution in [2.24, 2.45) is 7.05 Å². The van der Waals surface area contributed by atoms with Gasteiger partial charge in [0.1, 0.15) is 5.69 Å². The average Bonchev–Trinajstić information content (AvgIpc) is 2.59. The number of aryl methyl sites for hydroxylation is 1.